The Morgan fingerprint density at radius 3 is 2.35 bits per heavy atom. The van der Waals surface area contributed by atoms with Gasteiger partial charge >= 0.3 is 0 Å². The number of fused-ring (bicyclic) bond motifs is 1. The number of hydrogen-bond acceptors (Lipinski definition) is 3. The quantitative estimate of drug-likeness (QED) is 0.888. The van der Waals surface area contributed by atoms with E-state index in [1.807, 2.05) is 6.07 Å². The zero-order chi connectivity index (χ0) is 14.8. The van der Waals surface area contributed by atoms with Crippen LogP contribution in [0.5, 0.6) is 11.5 Å². The Kier molecular flexibility index (Phi) is 4.97. The molecule has 1 unspecified atom stereocenters. The maximum atomic E-state index is 5.81. The third-order valence-electron chi connectivity index (χ3n) is 3.45. The molecule has 0 radical (unpaired) electrons. The minimum Gasteiger partial charge on any atom is -0.490 e. The second-order valence-electron chi connectivity index (χ2n) is 6.23. The minimum absolute atomic E-state index is 0.123. The average Bonchev–Trinajstić information content (AvgIpc) is 2.58. The summed E-state index contributed by atoms with van der Waals surface area (Å²) in [6, 6.07) is 4.41. The van der Waals surface area contributed by atoms with Crippen LogP contribution in [0.2, 0.25) is 0 Å². The molecule has 0 aliphatic carbocycles. The van der Waals surface area contributed by atoms with E-state index in [0.717, 1.165) is 35.5 Å². The van der Waals surface area contributed by atoms with Gasteiger partial charge in [0.25, 0.3) is 0 Å². The Balaban J connectivity index is 2.42. The molecule has 0 aromatic heterocycles. The van der Waals surface area contributed by atoms with Gasteiger partial charge in [0.15, 0.2) is 11.5 Å². The molecule has 1 N–H and O–H groups in total. The van der Waals surface area contributed by atoms with Crippen LogP contribution in [0.25, 0.3) is 0 Å². The fourth-order valence-electron chi connectivity index (χ4n) is 2.51. The lowest BCUT2D eigenvalue weighted by molar-refractivity contribution is 0.274. The van der Waals surface area contributed by atoms with Gasteiger partial charge in [0.1, 0.15) is 0 Å². The number of hydrogen-bond donors (Lipinski definition) is 1. The van der Waals surface area contributed by atoms with Gasteiger partial charge in [-0.25, -0.2) is 0 Å². The summed E-state index contributed by atoms with van der Waals surface area (Å²) in [4.78, 5) is 0. The van der Waals surface area contributed by atoms with Crippen molar-refractivity contribution in [2.24, 2.45) is 5.41 Å². The van der Waals surface area contributed by atoms with Gasteiger partial charge in [-0.1, -0.05) is 43.6 Å². The second kappa shape index (κ2) is 6.35. The van der Waals surface area contributed by atoms with Gasteiger partial charge in [-0.15, -0.1) is 0 Å². The van der Waals surface area contributed by atoms with Gasteiger partial charge < -0.3 is 14.8 Å². The van der Waals surface area contributed by atoms with E-state index in [1.54, 1.807) is 0 Å². The molecule has 1 aliphatic rings. The maximum Gasteiger partial charge on any atom is 0.162 e. The monoisotopic (exact) mass is 341 g/mol. The van der Waals surface area contributed by atoms with E-state index in [0.29, 0.717) is 6.61 Å². The molecule has 2 rings (SSSR count). The largest absolute Gasteiger partial charge is 0.490 e. The number of rotatable bonds is 3. The van der Waals surface area contributed by atoms with Crippen molar-refractivity contribution in [1.82, 2.24) is 5.32 Å². The van der Waals surface area contributed by atoms with E-state index in [-0.39, 0.29) is 11.5 Å². The minimum atomic E-state index is 0.123. The number of benzene rings is 1. The van der Waals surface area contributed by atoms with E-state index >= 15 is 0 Å². The zero-order valence-electron chi connectivity index (χ0n) is 12.8. The lowest BCUT2D eigenvalue weighted by Gasteiger charge is -2.33. The van der Waals surface area contributed by atoms with Crippen LogP contribution < -0.4 is 14.8 Å². The number of nitrogens with one attached hydrogen (secondary N) is 1. The zero-order valence-corrected chi connectivity index (χ0v) is 14.3. The SMILES string of the molecule is CCNC(c1cc2c(cc1Br)OCCCO2)C(C)(C)C. The molecule has 0 bridgehead atoms. The fourth-order valence-corrected chi connectivity index (χ4v) is 3.06. The van der Waals surface area contributed by atoms with Crippen molar-refractivity contribution in [3.05, 3.63) is 22.2 Å². The van der Waals surface area contributed by atoms with Crippen molar-refractivity contribution in [2.45, 2.75) is 40.2 Å². The first-order valence-corrected chi connectivity index (χ1v) is 8.05. The molecular weight excluding hydrogens is 318 g/mol. The Bertz CT molecular complexity index is 468. The van der Waals surface area contributed by atoms with Crippen LogP contribution in [0.15, 0.2) is 16.6 Å². The first kappa shape index (κ1) is 15.6. The molecule has 20 heavy (non-hydrogen) atoms. The summed E-state index contributed by atoms with van der Waals surface area (Å²) < 4.78 is 12.6. The lowest BCUT2D eigenvalue weighted by Crippen LogP contribution is -2.32. The molecule has 1 aromatic carbocycles. The summed E-state index contributed by atoms with van der Waals surface area (Å²) in [6.07, 6.45) is 0.928. The molecule has 4 heteroatoms. The van der Waals surface area contributed by atoms with Crippen LogP contribution in [0.1, 0.15) is 45.7 Å². The molecule has 1 aliphatic heterocycles. The molecule has 1 atom stereocenters. The van der Waals surface area contributed by atoms with Crippen LogP contribution >= 0.6 is 15.9 Å². The van der Waals surface area contributed by atoms with E-state index < -0.39 is 0 Å². The van der Waals surface area contributed by atoms with Gasteiger partial charge in [-0.2, -0.15) is 0 Å². The van der Waals surface area contributed by atoms with Crippen molar-refractivity contribution >= 4 is 15.9 Å². The van der Waals surface area contributed by atoms with Gasteiger partial charge in [0.2, 0.25) is 0 Å². The predicted molar refractivity (Wildman–Crippen MR) is 85.6 cm³/mol. The van der Waals surface area contributed by atoms with E-state index in [4.69, 9.17) is 9.47 Å². The highest BCUT2D eigenvalue weighted by atomic mass is 79.9. The third kappa shape index (κ3) is 3.47. The molecule has 112 valence electrons. The predicted octanol–water partition coefficient (Wildman–Crippen LogP) is 4.31. The molecule has 1 aromatic rings. The van der Waals surface area contributed by atoms with Crippen molar-refractivity contribution in [3.63, 3.8) is 0 Å². The third-order valence-corrected chi connectivity index (χ3v) is 4.14. The summed E-state index contributed by atoms with van der Waals surface area (Å²) in [5, 5.41) is 3.58. The summed E-state index contributed by atoms with van der Waals surface area (Å²) in [5.74, 6) is 1.69. The molecule has 0 amide bonds. The molecule has 0 saturated heterocycles. The Hall–Kier alpha value is -0.740. The van der Waals surface area contributed by atoms with Crippen molar-refractivity contribution < 1.29 is 9.47 Å². The standard InChI is InChI=1S/C16H24BrNO2/c1-5-18-15(16(2,3)4)11-9-13-14(10-12(11)17)20-8-6-7-19-13/h9-10,15,18H,5-8H2,1-4H3. The fraction of sp³-hybridized carbons (Fsp3) is 0.625. The van der Waals surface area contributed by atoms with Gasteiger partial charge in [-0.05, 0) is 29.7 Å². The van der Waals surface area contributed by atoms with Crippen molar-refractivity contribution in [2.75, 3.05) is 19.8 Å². The van der Waals surface area contributed by atoms with Gasteiger partial charge in [-0.3, -0.25) is 0 Å². The number of halogens is 1. The first-order chi connectivity index (χ1) is 9.43. The average molecular weight is 342 g/mol. The van der Waals surface area contributed by atoms with E-state index in [2.05, 4.69) is 55.0 Å². The molecular formula is C16H24BrNO2. The first-order valence-electron chi connectivity index (χ1n) is 7.26. The van der Waals surface area contributed by atoms with E-state index in [1.165, 1.54) is 5.56 Å². The van der Waals surface area contributed by atoms with Crippen LogP contribution in [0.4, 0.5) is 0 Å². The summed E-state index contributed by atoms with van der Waals surface area (Å²) in [5.41, 5.74) is 1.35. The Morgan fingerprint density at radius 2 is 1.80 bits per heavy atom. The van der Waals surface area contributed by atoms with Crippen molar-refractivity contribution in [3.8, 4) is 11.5 Å². The summed E-state index contributed by atoms with van der Waals surface area (Å²) in [7, 11) is 0. The molecule has 0 fully saturated rings. The smallest absolute Gasteiger partial charge is 0.162 e. The lowest BCUT2D eigenvalue weighted by atomic mass is 9.82. The molecule has 0 spiro atoms. The van der Waals surface area contributed by atoms with Crippen LogP contribution in [-0.4, -0.2) is 19.8 Å². The normalized spacial score (nSPS) is 16.6. The second-order valence-corrected chi connectivity index (χ2v) is 7.08. The topological polar surface area (TPSA) is 30.5 Å². The molecule has 3 nitrogen and oxygen atoms in total. The van der Waals surface area contributed by atoms with Gasteiger partial charge in [0, 0.05) is 16.9 Å². The Morgan fingerprint density at radius 1 is 1.20 bits per heavy atom. The highest BCUT2D eigenvalue weighted by Crippen LogP contribution is 2.42. The molecule has 1 heterocycles. The molecule has 0 saturated carbocycles. The highest BCUT2D eigenvalue weighted by Gasteiger charge is 2.28. The highest BCUT2D eigenvalue weighted by molar-refractivity contribution is 9.10. The van der Waals surface area contributed by atoms with Crippen molar-refractivity contribution in [1.29, 1.82) is 0 Å². The summed E-state index contributed by atoms with van der Waals surface area (Å²) >= 11 is 3.69. The Labute approximate surface area is 130 Å². The summed E-state index contributed by atoms with van der Waals surface area (Å²) in [6.45, 7) is 11.2. The van der Waals surface area contributed by atoms with Crippen LogP contribution in [0, 0.1) is 5.41 Å². The maximum absolute atomic E-state index is 5.81. The van der Waals surface area contributed by atoms with Gasteiger partial charge in [0.05, 0.1) is 13.2 Å². The number of ether oxygens (including phenoxy) is 2. The van der Waals surface area contributed by atoms with E-state index in [9.17, 15) is 0 Å². The van der Waals surface area contributed by atoms with Crippen LogP contribution in [0.3, 0.4) is 0 Å². The van der Waals surface area contributed by atoms with Crippen LogP contribution in [-0.2, 0) is 0 Å².